The molecule has 1 aromatic rings. The van der Waals surface area contributed by atoms with E-state index in [4.69, 9.17) is 10.5 Å². The van der Waals surface area contributed by atoms with Gasteiger partial charge in [0.05, 0.1) is 11.5 Å². The van der Waals surface area contributed by atoms with Crippen molar-refractivity contribution >= 4 is 10.0 Å². The molecule has 0 radical (unpaired) electrons. The number of hydrogen-bond acceptors (Lipinski definition) is 4. The minimum absolute atomic E-state index is 0.252. The molecule has 0 saturated heterocycles. The molecule has 5 nitrogen and oxygen atoms in total. The van der Waals surface area contributed by atoms with Crippen molar-refractivity contribution in [1.82, 2.24) is 4.31 Å². The lowest BCUT2D eigenvalue weighted by atomic mass is 10.2. The predicted molar refractivity (Wildman–Crippen MR) is 84.8 cm³/mol. The summed E-state index contributed by atoms with van der Waals surface area (Å²) >= 11 is 0. The monoisotopic (exact) mass is 314 g/mol. The van der Waals surface area contributed by atoms with Crippen molar-refractivity contribution in [1.29, 1.82) is 0 Å². The Bertz CT molecular complexity index is 544. The standard InChI is InChI=1S/C15H26N2O3S/c1-4-9-17(6-3)21(18,19)14-7-8-15(20-10-5-2)13(11-14)12-16/h7-8,11H,4-6,9-10,12,16H2,1-3H3. The molecule has 0 fully saturated rings. The van der Waals surface area contributed by atoms with Gasteiger partial charge in [0.25, 0.3) is 0 Å². The maximum Gasteiger partial charge on any atom is 0.243 e. The molecule has 6 heteroatoms. The van der Waals surface area contributed by atoms with Crippen molar-refractivity contribution in [3.63, 3.8) is 0 Å². The van der Waals surface area contributed by atoms with Crippen LogP contribution in [0.5, 0.6) is 5.75 Å². The first-order valence-electron chi connectivity index (χ1n) is 7.47. The van der Waals surface area contributed by atoms with Gasteiger partial charge in [-0.2, -0.15) is 4.31 Å². The molecule has 1 aromatic carbocycles. The van der Waals surface area contributed by atoms with Crippen LogP contribution < -0.4 is 10.5 Å². The topological polar surface area (TPSA) is 72.6 Å². The van der Waals surface area contributed by atoms with E-state index >= 15 is 0 Å². The van der Waals surface area contributed by atoms with Gasteiger partial charge in [0.15, 0.2) is 0 Å². The SMILES string of the molecule is CCCOc1ccc(S(=O)(=O)N(CC)CCC)cc1CN. The third-order valence-corrected chi connectivity index (χ3v) is 5.15. The lowest BCUT2D eigenvalue weighted by Crippen LogP contribution is -2.31. The van der Waals surface area contributed by atoms with Gasteiger partial charge >= 0.3 is 0 Å². The van der Waals surface area contributed by atoms with Gasteiger partial charge in [0, 0.05) is 25.2 Å². The van der Waals surface area contributed by atoms with E-state index in [1.807, 2.05) is 20.8 Å². The maximum atomic E-state index is 12.6. The molecule has 0 aliphatic carbocycles. The van der Waals surface area contributed by atoms with Gasteiger partial charge in [-0.25, -0.2) is 8.42 Å². The third kappa shape index (κ3) is 4.43. The molecule has 0 heterocycles. The summed E-state index contributed by atoms with van der Waals surface area (Å²) < 4.78 is 32.3. The summed E-state index contributed by atoms with van der Waals surface area (Å²) in [5.74, 6) is 0.664. The summed E-state index contributed by atoms with van der Waals surface area (Å²) in [6.45, 7) is 7.65. The lowest BCUT2D eigenvalue weighted by molar-refractivity contribution is 0.314. The second kappa shape index (κ2) is 8.36. The van der Waals surface area contributed by atoms with Gasteiger partial charge < -0.3 is 10.5 Å². The molecule has 21 heavy (non-hydrogen) atoms. The molecule has 0 spiro atoms. The van der Waals surface area contributed by atoms with Crippen LogP contribution in [0, 0.1) is 0 Å². The minimum atomic E-state index is -3.46. The van der Waals surface area contributed by atoms with Crippen LogP contribution in [-0.4, -0.2) is 32.4 Å². The van der Waals surface area contributed by atoms with Crippen molar-refractivity contribution < 1.29 is 13.2 Å². The van der Waals surface area contributed by atoms with E-state index in [2.05, 4.69) is 0 Å². The van der Waals surface area contributed by atoms with E-state index < -0.39 is 10.0 Å². The van der Waals surface area contributed by atoms with Gasteiger partial charge in [-0.3, -0.25) is 0 Å². The van der Waals surface area contributed by atoms with Crippen molar-refractivity contribution in [3.05, 3.63) is 23.8 Å². The van der Waals surface area contributed by atoms with Crippen LogP contribution in [0.2, 0.25) is 0 Å². The fraction of sp³-hybridized carbons (Fsp3) is 0.600. The average molecular weight is 314 g/mol. The molecule has 0 unspecified atom stereocenters. The number of nitrogens with zero attached hydrogens (tertiary/aromatic N) is 1. The van der Waals surface area contributed by atoms with E-state index in [0.717, 1.165) is 18.4 Å². The zero-order valence-corrected chi connectivity index (χ0v) is 13.9. The minimum Gasteiger partial charge on any atom is -0.493 e. The van der Waals surface area contributed by atoms with Crippen LogP contribution in [0.3, 0.4) is 0 Å². The molecular weight excluding hydrogens is 288 g/mol. The van der Waals surface area contributed by atoms with Crippen LogP contribution in [0.15, 0.2) is 23.1 Å². The molecule has 0 atom stereocenters. The largest absolute Gasteiger partial charge is 0.493 e. The highest BCUT2D eigenvalue weighted by atomic mass is 32.2. The zero-order chi connectivity index (χ0) is 15.9. The normalized spacial score (nSPS) is 11.9. The lowest BCUT2D eigenvalue weighted by Gasteiger charge is -2.20. The van der Waals surface area contributed by atoms with Crippen LogP contribution in [0.4, 0.5) is 0 Å². The Labute approximate surface area is 128 Å². The third-order valence-electron chi connectivity index (χ3n) is 3.18. The first kappa shape index (κ1) is 17.9. The second-order valence-electron chi connectivity index (χ2n) is 4.82. The van der Waals surface area contributed by atoms with Crippen LogP contribution >= 0.6 is 0 Å². The van der Waals surface area contributed by atoms with Crippen molar-refractivity contribution in [2.45, 2.75) is 45.1 Å². The van der Waals surface area contributed by atoms with Gasteiger partial charge in [0.2, 0.25) is 10.0 Å². The highest BCUT2D eigenvalue weighted by Crippen LogP contribution is 2.24. The summed E-state index contributed by atoms with van der Waals surface area (Å²) in [4.78, 5) is 0.280. The molecule has 0 bridgehead atoms. The van der Waals surface area contributed by atoms with E-state index in [1.54, 1.807) is 18.2 Å². The number of sulfonamides is 1. The number of benzene rings is 1. The molecule has 0 aliphatic heterocycles. The quantitative estimate of drug-likeness (QED) is 0.759. The maximum absolute atomic E-state index is 12.6. The fourth-order valence-electron chi connectivity index (χ4n) is 2.08. The Kier molecular flexibility index (Phi) is 7.14. The molecule has 2 N–H and O–H groups in total. The molecule has 120 valence electrons. The van der Waals surface area contributed by atoms with E-state index in [-0.39, 0.29) is 11.4 Å². The van der Waals surface area contributed by atoms with Gasteiger partial charge in [0.1, 0.15) is 5.75 Å². The molecule has 1 rings (SSSR count). The highest BCUT2D eigenvalue weighted by Gasteiger charge is 2.23. The highest BCUT2D eigenvalue weighted by molar-refractivity contribution is 7.89. The average Bonchev–Trinajstić information content (AvgIpc) is 2.49. The number of nitrogens with two attached hydrogens (primary N) is 1. The zero-order valence-electron chi connectivity index (χ0n) is 13.1. The van der Waals surface area contributed by atoms with Crippen LogP contribution in [0.25, 0.3) is 0 Å². The van der Waals surface area contributed by atoms with E-state index in [1.165, 1.54) is 4.31 Å². The van der Waals surface area contributed by atoms with Crippen molar-refractivity contribution in [2.24, 2.45) is 5.73 Å². The van der Waals surface area contributed by atoms with Crippen LogP contribution in [-0.2, 0) is 16.6 Å². The summed E-state index contributed by atoms with van der Waals surface area (Å²) in [6, 6.07) is 4.92. The van der Waals surface area contributed by atoms with Crippen molar-refractivity contribution in [2.75, 3.05) is 19.7 Å². The fourth-order valence-corrected chi connectivity index (χ4v) is 3.67. The van der Waals surface area contributed by atoms with Crippen LogP contribution in [0.1, 0.15) is 39.2 Å². The molecular formula is C15H26N2O3S. The molecule has 0 saturated carbocycles. The van der Waals surface area contributed by atoms with Gasteiger partial charge in [-0.1, -0.05) is 20.8 Å². The smallest absolute Gasteiger partial charge is 0.243 e. The first-order valence-corrected chi connectivity index (χ1v) is 8.91. The molecule has 0 amide bonds. The first-order chi connectivity index (χ1) is 10.0. The number of hydrogen-bond donors (Lipinski definition) is 1. The number of rotatable bonds is 9. The molecule has 0 aromatic heterocycles. The van der Waals surface area contributed by atoms with E-state index in [0.29, 0.717) is 25.4 Å². The Morgan fingerprint density at radius 1 is 1.19 bits per heavy atom. The van der Waals surface area contributed by atoms with Gasteiger partial charge in [-0.15, -0.1) is 0 Å². The Morgan fingerprint density at radius 3 is 2.43 bits per heavy atom. The summed E-state index contributed by atoms with van der Waals surface area (Å²) in [5.41, 5.74) is 6.43. The Morgan fingerprint density at radius 2 is 1.90 bits per heavy atom. The Hall–Kier alpha value is -1.11. The predicted octanol–water partition coefficient (Wildman–Crippen LogP) is 2.35. The molecule has 0 aliphatic rings. The Balaban J connectivity index is 3.13. The number of ether oxygens (including phenoxy) is 1. The summed E-state index contributed by atoms with van der Waals surface area (Å²) in [7, 11) is -3.46. The summed E-state index contributed by atoms with van der Waals surface area (Å²) in [5, 5.41) is 0. The second-order valence-corrected chi connectivity index (χ2v) is 6.76. The van der Waals surface area contributed by atoms with Crippen molar-refractivity contribution in [3.8, 4) is 5.75 Å². The van der Waals surface area contributed by atoms with E-state index in [9.17, 15) is 8.42 Å². The summed E-state index contributed by atoms with van der Waals surface area (Å²) in [6.07, 6.45) is 1.68. The van der Waals surface area contributed by atoms with Gasteiger partial charge in [-0.05, 0) is 31.0 Å².